The van der Waals surface area contributed by atoms with E-state index in [2.05, 4.69) is 6.92 Å². The lowest BCUT2D eigenvalue weighted by atomic mass is 10.1. The third kappa shape index (κ3) is 3.63. The lowest BCUT2D eigenvalue weighted by Gasteiger charge is -1.97. The van der Waals surface area contributed by atoms with Gasteiger partial charge >= 0.3 is 0 Å². The van der Waals surface area contributed by atoms with Gasteiger partial charge in [-0.05, 0) is 31.9 Å². The molecule has 0 saturated heterocycles. The van der Waals surface area contributed by atoms with Gasteiger partial charge < -0.3 is 0 Å². The molecule has 19 heavy (non-hydrogen) atoms. The van der Waals surface area contributed by atoms with Crippen LogP contribution < -0.4 is 0 Å². The first kappa shape index (κ1) is 14.7. The second kappa shape index (κ2) is 6.62. The molecule has 2 aromatic heterocycles. The maximum Gasteiger partial charge on any atom is 0.137 e. The third-order valence-corrected chi connectivity index (χ3v) is 5.51. The van der Waals surface area contributed by atoms with Crippen molar-refractivity contribution >= 4 is 22.7 Å². The molecular formula is C15H18F2S2. The topological polar surface area (TPSA) is 0 Å². The van der Waals surface area contributed by atoms with Crippen molar-refractivity contribution in [2.24, 2.45) is 0 Å². The summed E-state index contributed by atoms with van der Waals surface area (Å²) in [6.07, 6.45) is 5.36. The summed E-state index contributed by atoms with van der Waals surface area (Å²) >= 11 is 2.85. The molecule has 0 aliphatic rings. The summed E-state index contributed by atoms with van der Waals surface area (Å²) in [6.45, 7) is 3.91. The maximum absolute atomic E-state index is 13.8. The number of rotatable bonds is 6. The Kier molecular flexibility index (Phi) is 5.11. The van der Waals surface area contributed by atoms with Gasteiger partial charge in [0.1, 0.15) is 11.6 Å². The van der Waals surface area contributed by atoms with Crippen LogP contribution in [0.1, 0.15) is 42.4 Å². The van der Waals surface area contributed by atoms with Crippen molar-refractivity contribution in [2.75, 3.05) is 0 Å². The number of hydrogen-bond donors (Lipinski definition) is 0. The molecule has 0 amide bonds. The molecule has 2 aromatic rings. The molecule has 0 aliphatic carbocycles. The van der Waals surface area contributed by atoms with E-state index >= 15 is 0 Å². The molecule has 0 saturated carbocycles. The molecule has 0 aromatic carbocycles. The summed E-state index contributed by atoms with van der Waals surface area (Å²) in [5.41, 5.74) is 0. The molecule has 4 heteroatoms. The van der Waals surface area contributed by atoms with E-state index in [9.17, 15) is 8.78 Å². The third-order valence-electron chi connectivity index (χ3n) is 3.11. The summed E-state index contributed by atoms with van der Waals surface area (Å²) < 4.78 is 27.2. The van der Waals surface area contributed by atoms with Crippen LogP contribution in [0, 0.1) is 18.6 Å². The summed E-state index contributed by atoms with van der Waals surface area (Å²) in [6, 6.07) is 3.05. The fourth-order valence-electron chi connectivity index (χ4n) is 1.99. The summed E-state index contributed by atoms with van der Waals surface area (Å²) in [4.78, 5) is 3.14. The molecule has 0 fully saturated rings. The van der Waals surface area contributed by atoms with Gasteiger partial charge in [0.2, 0.25) is 0 Å². The van der Waals surface area contributed by atoms with E-state index in [1.54, 1.807) is 13.0 Å². The highest BCUT2D eigenvalue weighted by Gasteiger charge is 2.13. The number of aryl methyl sites for hydroxylation is 2. The van der Waals surface area contributed by atoms with Crippen molar-refractivity contribution in [1.82, 2.24) is 0 Å². The number of thiophene rings is 2. The predicted octanol–water partition coefficient (Wildman–Crippen LogP) is 6.19. The van der Waals surface area contributed by atoms with Gasteiger partial charge in [-0.25, -0.2) is 8.78 Å². The second-order valence-electron chi connectivity index (χ2n) is 4.71. The first-order valence-corrected chi connectivity index (χ1v) is 8.29. The van der Waals surface area contributed by atoms with E-state index in [1.165, 1.54) is 41.6 Å². The van der Waals surface area contributed by atoms with E-state index in [4.69, 9.17) is 0 Å². The zero-order valence-electron chi connectivity index (χ0n) is 11.3. The monoisotopic (exact) mass is 300 g/mol. The van der Waals surface area contributed by atoms with Crippen molar-refractivity contribution in [3.63, 3.8) is 0 Å². The number of halogens is 2. The Labute approximate surface area is 121 Å². The molecule has 2 heterocycles. The zero-order valence-corrected chi connectivity index (χ0v) is 12.9. The average molecular weight is 300 g/mol. The molecule has 104 valence electrons. The molecule has 0 bridgehead atoms. The quantitative estimate of drug-likeness (QED) is 0.558. The summed E-state index contributed by atoms with van der Waals surface area (Å²) in [5.74, 6) is -0.332. The number of hydrogen-bond acceptors (Lipinski definition) is 2. The predicted molar refractivity (Wildman–Crippen MR) is 80.1 cm³/mol. The van der Waals surface area contributed by atoms with Crippen LogP contribution in [0.15, 0.2) is 12.1 Å². The van der Waals surface area contributed by atoms with Gasteiger partial charge in [0.15, 0.2) is 0 Å². The summed E-state index contributed by atoms with van der Waals surface area (Å²) in [7, 11) is 0. The van der Waals surface area contributed by atoms with Gasteiger partial charge in [0.25, 0.3) is 0 Å². The maximum atomic E-state index is 13.8. The van der Waals surface area contributed by atoms with Crippen molar-refractivity contribution in [2.45, 2.75) is 46.0 Å². The molecule has 0 radical (unpaired) electrons. The highest BCUT2D eigenvalue weighted by atomic mass is 32.1. The van der Waals surface area contributed by atoms with Crippen LogP contribution in [0.5, 0.6) is 0 Å². The van der Waals surface area contributed by atoms with Crippen molar-refractivity contribution < 1.29 is 8.78 Å². The Morgan fingerprint density at radius 3 is 2.26 bits per heavy atom. The van der Waals surface area contributed by atoms with Gasteiger partial charge in [0, 0.05) is 19.5 Å². The Hall–Kier alpha value is -0.740. The minimum atomic E-state index is -0.196. The number of unbranched alkanes of at least 4 members (excludes halogenated alkanes) is 3. The highest BCUT2D eigenvalue weighted by Crippen LogP contribution is 2.36. The summed E-state index contributed by atoms with van der Waals surface area (Å²) in [5, 5.41) is 0. The highest BCUT2D eigenvalue weighted by molar-refractivity contribution is 7.22. The Morgan fingerprint density at radius 1 is 0.947 bits per heavy atom. The van der Waals surface area contributed by atoms with Crippen LogP contribution in [-0.4, -0.2) is 0 Å². The molecule has 0 aliphatic heterocycles. The molecule has 0 spiro atoms. The van der Waals surface area contributed by atoms with Crippen molar-refractivity contribution in [3.8, 4) is 9.75 Å². The van der Waals surface area contributed by atoms with Crippen LogP contribution in [0.3, 0.4) is 0 Å². The Balaban J connectivity index is 2.07. The normalized spacial score (nSPS) is 11.2. The van der Waals surface area contributed by atoms with Crippen LogP contribution in [0.2, 0.25) is 0 Å². The lowest BCUT2D eigenvalue weighted by molar-refractivity contribution is 0.603. The lowest BCUT2D eigenvalue weighted by Crippen LogP contribution is -1.84. The fourth-order valence-corrected chi connectivity index (χ4v) is 4.04. The molecule has 0 unspecified atom stereocenters. The molecule has 0 N–H and O–H groups in total. The second-order valence-corrected chi connectivity index (χ2v) is 7.10. The molecule has 0 nitrogen and oxygen atoms in total. The van der Waals surface area contributed by atoms with Gasteiger partial charge in [-0.1, -0.05) is 26.2 Å². The SMILES string of the molecule is CCCCCCc1sc(-c2cc(F)c(C)s2)cc1F. The minimum absolute atomic E-state index is 0.136. The Bertz CT molecular complexity index is 521. The van der Waals surface area contributed by atoms with E-state index in [-0.39, 0.29) is 11.6 Å². The van der Waals surface area contributed by atoms with E-state index < -0.39 is 0 Å². The first-order valence-electron chi connectivity index (χ1n) is 6.66. The van der Waals surface area contributed by atoms with Crippen LogP contribution in [0.4, 0.5) is 8.78 Å². The van der Waals surface area contributed by atoms with E-state index in [1.807, 2.05) is 0 Å². The standard InChI is InChI=1S/C15H18F2S2/c1-3-4-5-6-7-13-12(17)9-15(19-13)14-8-11(16)10(2)18-14/h8-9H,3-7H2,1-2H3. The Morgan fingerprint density at radius 2 is 1.63 bits per heavy atom. The minimum Gasteiger partial charge on any atom is -0.206 e. The van der Waals surface area contributed by atoms with Crippen molar-refractivity contribution in [1.29, 1.82) is 0 Å². The molecule has 0 atom stereocenters. The molecular weight excluding hydrogens is 282 g/mol. The largest absolute Gasteiger partial charge is 0.206 e. The zero-order chi connectivity index (χ0) is 13.8. The van der Waals surface area contributed by atoms with Gasteiger partial charge in [-0.3, -0.25) is 0 Å². The van der Waals surface area contributed by atoms with Crippen LogP contribution in [-0.2, 0) is 6.42 Å². The van der Waals surface area contributed by atoms with Gasteiger partial charge in [-0.15, -0.1) is 22.7 Å². The van der Waals surface area contributed by atoms with E-state index in [0.717, 1.165) is 33.9 Å². The average Bonchev–Trinajstić information content (AvgIpc) is 2.90. The van der Waals surface area contributed by atoms with Gasteiger partial charge in [0.05, 0.1) is 0 Å². The smallest absolute Gasteiger partial charge is 0.137 e. The fraction of sp³-hybridized carbons (Fsp3) is 0.467. The van der Waals surface area contributed by atoms with Crippen LogP contribution in [0.25, 0.3) is 9.75 Å². The first-order chi connectivity index (χ1) is 9.11. The van der Waals surface area contributed by atoms with E-state index in [0.29, 0.717) is 4.88 Å². The van der Waals surface area contributed by atoms with Gasteiger partial charge in [-0.2, -0.15) is 0 Å². The molecule has 2 rings (SSSR count). The van der Waals surface area contributed by atoms with Crippen LogP contribution >= 0.6 is 22.7 Å². The van der Waals surface area contributed by atoms with Crippen molar-refractivity contribution in [3.05, 3.63) is 33.5 Å².